The lowest BCUT2D eigenvalue weighted by molar-refractivity contribution is -0.0268. The molecule has 1 atom stereocenters. The van der Waals surface area contributed by atoms with E-state index in [1.165, 1.54) is 13.2 Å². The minimum Gasteiger partial charge on any atom is -0.494 e. The lowest BCUT2D eigenvalue weighted by atomic mass is 9.93. The van der Waals surface area contributed by atoms with E-state index in [1.807, 2.05) is 0 Å². The number of hydrogen-bond acceptors (Lipinski definition) is 3. The summed E-state index contributed by atoms with van der Waals surface area (Å²) in [5.41, 5.74) is 1.23. The Morgan fingerprint density at radius 2 is 1.80 bits per heavy atom. The molecule has 1 unspecified atom stereocenters. The second kappa shape index (κ2) is 4.45. The smallest absolute Gasteiger partial charge is 0.227 e. The van der Waals surface area contributed by atoms with Gasteiger partial charge >= 0.3 is 0 Å². The van der Waals surface area contributed by atoms with Crippen molar-refractivity contribution < 1.29 is 23.4 Å². The first-order valence-corrected chi connectivity index (χ1v) is 6.05. The maximum Gasteiger partial charge on any atom is 0.227 e. The van der Waals surface area contributed by atoms with Crippen LogP contribution in [0.5, 0.6) is 11.5 Å². The summed E-state index contributed by atoms with van der Waals surface area (Å²) in [6.45, 7) is 1.59. The lowest BCUT2D eigenvalue weighted by Crippen LogP contribution is -2.17. The Balaban J connectivity index is 2.31. The molecule has 0 aliphatic carbocycles. The Labute approximate surface area is 114 Å². The number of aliphatic hydroxyl groups excluding tert-OH is 1. The quantitative estimate of drug-likeness (QED) is 0.869. The largest absolute Gasteiger partial charge is 0.494 e. The summed E-state index contributed by atoms with van der Waals surface area (Å²) in [6, 6.07) is 6.25. The fourth-order valence-electron chi connectivity index (χ4n) is 2.37. The number of aryl methyl sites for hydroxylation is 1. The molecular formula is C15H12F2O3. The van der Waals surface area contributed by atoms with Crippen LogP contribution in [-0.4, -0.2) is 12.2 Å². The van der Waals surface area contributed by atoms with Crippen molar-refractivity contribution in [1.29, 1.82) is 0 Å². The Kier molecular flexibility index (Phi) is 2.87. The van der Waals surface area contributed by atoms with E-state index >= 15 is 0 Å². The molecule has 2 aromatic rings. The number of ether oxygens (including phenoxy) is 2. The van der Waals surface area contributed by atoms with Crippen molar-refractivity contribution in [3.63, 3.8) is 0 Å². The Morgan fingerprint density at radius 3 is 2.50 bits per heavy atom. The predicted octanol–water partition coefficient (Wildman–Crippen LogP) is 3.33. The summed E-state index contributed by atoms with van der Waals surface area (Å²) in [5, 5.41) is 9.93. The van der Waals surface area contributed by atoms with Gasteiger partial charge in [0, 0.05) is 5.56 Å². The van der Waals surface area contributed by atoms with Crippen molar-refractivity contribution in [2.24, 2.45) is 0 Å². The molecule has 0 amide bonds. The van der Waals surface area contributed by atoms with E-state index in [-0.39, 0.29) is 17.1 Å². The fraction of sp³-hybridized carbons (Fsp3) is 0.200. The highest BCUT2D eigenvalue weighted by Crippen LogP contribution is 2.46. The van der Waals surface area contributed by atoms with Crippen molar-refractivity contribution in [2.75, 3.05) is 7.11 Å². The van der Waals surface area contributed by atoms with Crippen LogP contribution in [0.4, 0.5) is 8.78 Å². The van der Waals surface area contributed by atoms with E-state index in [4.69, 9.17) is 9.47 Å². The number of rotatable bonds is 1. The van der Waals surface area contributed by atoms with Crippen molar-refractivity contribution >= 4 is 0 Å². The molecule has 3 rings (SSSR count). The van der Waals surface area contributed by atoms with Gasteiger partial charge < -0.3 is 14.6 Å². The minimum atomic E-state index is -1.54. The van der Waals surface area contributed by atoms with Crippen LogP contribution < -0.4 is 9.47 Å². The van der Waals surface area contributed by atoms with Gasteiger partial charge in [0.15, 0.2) is 11.5 Å². The van der Waals surface area contributed by atoms with Crippen LogP contribution in [-0.2, 0) is 0 Å². The van der Waals surface area contributed by atoms with Crippen LogP contribution in [0.2, 0.25) is 0 Å². The number of halogens is 2. The van der Waals surface area contributed by atoms with Crippen LogP contribution in [0, 0.1) is 18.6 Å². The second-order valence-corrected chi connectivity index (χ2v) is 4.59. The summed E-state index contributed by atoms with van der Waals surface area (Å²) in [6.07, 6.45) is -1.54. The van der Waals surface area contributed by atoms with Gasteiger partial charge in [-0.25, -0.2) is 4.39 Å². The Bertz CT molecular complexity index is 698. The standard InChI is InChI=1S/C15H12F2O3/c1-7-3-4-8-9-5-6-10(19-2)13(17)14(9)20-15(18)11(8)12(7)16/h3-6,15,18H,1-2H3. The van der Waals surface area contributed by atoms with E-state index in [0.717, 1.165) is 0 Å². The van der Waals surface area contributed by atoms with Gasteiger partial charge in [-0.2, -0.15) is 4.39 Å². The molecule has 0 bridgehead atoms. The summed E-state index contributed by atoms with van der Waals surface area (Å²) in [4.78, 5) is 0. The van der Waals surface area contributed by atoms with Crippen molar-refractivity contribution in [3.8, 4) is 22.6 Å². The van der Waals surface area contributed by atoms with Gasteiger partial charge in [-0.1, -0.05) is 12.1 Å². The minimum absolute atomic E-state index is 0.00647. The van der Waals surface area contributed by atoms with E-state index in [9.17, 15) is 13.9 Å². The number of methoxy groups -OCH3 is 1. The maximum absolute atomic E-state index is 14.1. The molecule has 1 aliphatic heterocycles. The molecule has 104 valence electrons. The predicted molar refractivity (Wildman–Crippen MR) is 68.7 cm³/mol. The van der Waals surface area contributed by atoms with Gasteiger partial charge in [-0.15, -0.1) is 0 Å². The molecule has 0 saturated heterocycles. The van der Waals surface area contributed by atoms with Gasteiger partial charge in [0.2, 0.25) is 12.1 Å². The number of aliphatic hydroxyl groups is 1. The molecule has 1 N–H and O–H groups in total. The van der Waals surface area contributed by atoms with E-state index in [2.05, 4.69) is 0 Å². The van der Waals surface area contributed by atoms with E-state index in [0.29, 0.717) is 16.7 Å². The van der Waals surface area contributed by atoms with Crippen molar-refractivity contribution in [3.05, 3.63) is 47.0 Å². The fourth-order valence-corrected chi connectivity index (χ4v) is 2.37. The van der Waals surface area contributed by atoms with Crippen LogP contribution in [0.3, 0.4) is 0 Å². The molecule has 1 heterocycles. The zero-order valence-corrected chi connectivity index (χ0v) is 10.9. The average molecular weight is 278 g/mol. The molecule has 20 heavy (non-hydrogen) atoms. The third-order valence-electron chi connectivity index (χ3n) is 3.42. The molecule has 0 aromatic heterocycles. The highest BCUT2D eigenvalue weighted by Gasteiger charge is 2.31. The summed E-state index contributed by atoms with van der Waals surface area (Å²) >= 11 is 0. The van der Waals surface area contributed by atoms with Crippen molar-refractivity contribution in [1.82, 2.24) is 0 Å². The van der Waals surface area contributed by atoms with Gasteiger partial charge in [-0.05, 0) is 30.2 Å². The summed E-state index contributed by atoms with van der Waals surface area (Å²) in [7, 11) is 1.33. The summed E-state index contributed by atoms with van der Waals surface area (Å²) < 4.78 is 38.3. The first-order valence-electron chi connectivity index (χ1n) is 6.05. The van der Waals surface area contributed by atoms with Crippen LogP contribution in [0.15, 0.2) is 24.3 Å². The first-order chi connectivity index (χ1) is 9.54. The zero-order valence-electron chi connectivity index (χ0n) is 10.9. The number of benzene rings is 2. The molecular weight excluding hydrogens is 266 g/mol. The van der Waals surface area contributed by atoms with Crippen LogP contribution in [0.25, 0.3) is 11.1 Å². The zero-order chi connectivity index (χ0) is 14.4. The molecule has 2 aromatic carbocycles. The molecule has 5 heteroatoms. The Hall–Kier alpha value is -2.14. The Morgan fingerprint density at radius 1 is 1.10 bits per heavy atom. The first kappa shape index (κ1) is 12.9. The topological polar surface area (TPSA) is 38.7 Å². The lowest BCUT2D eigenvalue weighted by Gasteiger charge is -2.26. The highest BCUT2D eigenvalue weighted by atomic mass is 19.1. The van der Waals surface area contributed by atoms with Crippen LogP contribution >= 0.6 is 0 Å². The monoisotopic (exact) mass is 278 g/mol. The van der Waals surface area contributed by atoms with Crippen LogP contribution in [0.1, 0.15) is 17.4 Å². The molecule has 0 spiro atoms. The molecule has 0 saturated carbocycles. The van der Waals surface area contributed by atoms with Gasteiger partial charge in [0.25, 0.3) is 0 Å². The van der Waals surface area contributed by atoms with E-state index < -0.39 is 17.9 Å². The highest BCUT2D eigenvalue weighted by molar-refractivity contribution is 5.77. The molecule has 0 radical (unpaired) electrons. The molecule has 3 nitrogen and oxygen atoms in total. The second-order valence-electron chi connectivity index (χ2n) is 4.59. The van der Waals surface area contributed by atoms with E-state index in [1.54, 1.807) is 25.1 Å². The van der Waals surface area contributed by atoms with Gasteiger partial charge in [-0.3, -0.25) is 0 Å². The third kappa shape index (κ3) is 1.67. The SMILES string of the molecule is COc1ccc2c(c1F)OC(O)c1c-2ccc(C)c1F. The number of hydrogen-bond donors (Lipinski definition) is 1. The normalized spacial score (nSPS) is 16.1. The molecule has 0 fully saturated rings. The molecule has 1 aliphatic rings. The van der Waals surface area contributed by atoms with Gasteiger partial charge in [0.1, 0.15) is 5.82 Å². The third-order valence-corrected chi connectivity index (χ3v) is 3.42. The van der Waals surface area contributed by atoms with Crippen molar-refractivity contribution in [2.45, 2.75) is 13.2 Å². The maximum atomic E-state index is 14.1. The number of fused-ring (bicyclic) bond motifs is 3. The summed E-state index contributed by atoms with van der Waals surface area (Å²) in [5.74, 6) is -1.38. The average Bonchev–Trinajstić information content (AvgIpc) is 2.43. The van der Waals surface area contributed by atoms with Gasteiger partial charge in [0.05, 0.1) is 12.7 Å².